The monoisotopic (exact) mass is 498 g/mol. The van der Waals surface area contributed by atoms with Crippen LogP contribution < -0.4 is 4.74 Å². The summed E-state index contributed by atoms with van der Waals surface area (Å²) >= 11 is 0. The van der Waals surface area contributed by atoms with E-state index in [1.807, 2.05) is 0 Å². The van der Waals surface area contributed by atoms with E-state index in [0.717, 1.165) is 43.6 Å². The lowest BCUT2D eigenvalue weighted by Crippen LogP contribution is -2.37. The fraction of sp³-hybridized carbons (Fsp3) is 0.724. The van der Waals surface area contributed by atoms with Gasteiger partial charge in [-0.15, -0.1) is 0 Å². The average molecular weight is 499 g/mol. The molecule has 4 rings (SSSR count). The molecule has 3 aliphatic rings. The Morgan fingerprint density at radius 1 is 0.943 bits per heavy atom. The molecule has 2 saturated carbocycles. The number of benzene rings is 1. The van der Waals surface area contributed by atoms with Gasteiger partial charge in [0.1, 0.15) is 5.83 Å². The van der Waals surface area contributed by atoms with Gasteiger partial charge >= 0.3 is 6.18 Å². The fourth-order valence-electron chi connectivity index (χ4n) is 6.63. The minimum absolute atomic E-state index is 0.0605. The minimum atomic E-state index is -4.53. The Hall–Kier alpha value is -1.59. The lowest BCUT2D eigenvalue weighted by atomic mass is 9.68. The Kier molecular flexibility index (Phi) is 8.48. The van der Waals surface area contributed by atoms with Crippen LogP contribution in [-0.2, 0) is 6.42 Å². The maximum absolute atomic E-state index is 15.5. The quantitative estimate of drug-likeness (QED) is 0.355. The van der Waals surface area contributed by atoms with Crippen molar-refractivity contribution < 1.29 is 26.7 Å². The van der Waals surface area contributed by atoms with E-state index in [1.54, 1.807) is 13.0 Å². The summed E-state index contributed by atoms with van der Waals surface area (Å²) in [6.07, 6.45) is 6.27. The normalized spacial score (nSPS) is 30.3. The Labute approximate surface area is 206 Å². The van der Waals surface area contributed by atoms with Gasteiger partial charge < -0.3 is 4.74 Å². The van der Waals surface area contributed by atoms with E-state index in [-0.39, 0.29) is 30.3 Å². The van der Waals surface area contributed by atoms with Crippen LogP contribution in [0.1, 0.15) is 102 Å². The van der Waals surface area contributed by atoms with Gasteiger partial charge in [-0.25, -0.2) is 8.78 Å². The van der Waals surface area contributed by atoms with E-state index in [9.17, 15) is 17.6 Å². The van der Waals surface area contributed by atoms with E-state index >= 15 is 4.39 Å². The van der Waals surface area contributed by atoms with Gasteiger partial charge in [0.05, 0.1) is 0 Å². The topological polar surface area (TPSA) is 9.23 Å². The maximum atomic E-state index is 15.5. The molecular weight excluding hydrogens is 459 g/mol. The van der Waals surface area contributed by atoms with E-state index in [4.69, 9.17) is 4.74 Å². The van der Waals surface area contributed by atoms with Crippen molar-refractivity contribution in [2.45, 2.75) is 110 Å². The summed E-state index contributed by atoms with van der Waals surface area (Å²) in [5.74, 6) is 0.807. The van der Waals surface area contributed by atoms with Crippen LogP contribution in [0.3, 0.4) is 0 Å². The second-order valence-electron chi connectivity index (χ2n) is 11.1. The molecule has 2 aliphatic carbocycles. The summed E-state index contributed by atoms with van der Waals surface area (Å²) in [5.41, 5.74) is 1.18. The number of rotatable bonds is 6. The van der Waals surface area contributed by atoms with Crippen LogP contribution in [0, 0.1) is 29.5 Å². The van der Waals surface area contributed by atoms with Crippen molar-refractivity contribution in [1.29, 1.82) is 0 Å². The molecule has 35 heavy (non-hydrogen) atoms. The van der Waals surface area contributed by atoms with Crippen molar-refractivity contribution in [3.63, 3.8) is 0 Å². The lowest BCUT2D eigenvalue weighted by molar-refractivity contribution is -0.199. The summed E-state index contributed by atoms with van der Waals surface area (Å²) in [5, 5.41) is 0. The molecule has 0 saturated heterocycles. The van der Waals surface area contributed by atoms with E-state index < -0.39 is 18.1 Å². The average Bonchev–Trinajstić information content (AvgIpc) is 2.86. The molecule has 1 heterocycles. The predicted molar refractivity (Wildman–Crippen MR) is 129 cm³/mol. The molecule has 1 aromatic rings. The number of hydrogen-bond acceptors (Lipinski definition) is 1. The van der Waals surface area contributed by atoms with Crippen LogP contribution >= 0.6 is 0 Å². The lowest BCUT2D eigenvalue weighted by Gasteiger charge is -2.38. The van der Waals surface area contributed by atoms with Crippen molar-refractivity contribution in [2.75, 3.05) is 0 Å². The minimum Gasteiger partial charge on any atom is -0.478 e. The first-order valence-electron chi connectivity index (χ1n) is 13.6. The molecule has 1 nitrogen and oxygen atoms in total. The molecule has 0 radical (unpaired) electrons. The van der Waals surface area contributed by atoms with Crippen LogP contribution in [0.5, 0.6) is 5.75 Å². The molecule has 0 bridgehead atoms. The van der Waals surface area contributed by atoms with Crippen molar-refractivity contribution in [3.05, 3.63) is 34.9 Å². The van der Waals surface area contributed by atoms with Crippen LogP contribution in [-0.4, -0.2) is 12.3 Å². The van der Waals surface area contributed by atoms with E-state index in [1.165, 1.54) is 44.9 Å². The Bertz CT molecular complexity index is 889. The second kappa shape index (κ2) is 11.2. The zero-order valence-electron chi connectivity index (χ0n) is 21.0. The molecule has 196 valence electrons. The third kappa shape index (κ3) is 6.22. The summed E-state index contributed by atoms with van der Waals surface area (Å²) in [7, 11) is 0. The predicted octanol–water partition coefficient (Wildman–Crippen LogP) is 9.59. The van der Waals surface area contributed by atoms with Gasteiger partial charge in [0.15, 0.2) is 17.7 Å². The zero-order valence-corrected chi connectivity index (χ0v) is 21.0. The SMILES string of the molecule is CCCCC1CCC(C2CCC(C(F)=C(C)c3cc(F)c4c(c3)CCC(C(F)(F)F)O4)CC2)CC1. The summed E-state index contributed by atoms with van der Waals surface area (Å²) in [6.45, 7) is 3.91. The van der Waals surface area contributed by atoms with Crippen molar-refractivity contribution >= 4 is 5.57 Å². The molecule has 2 fully saturated rings. The smallest absolute Gasteiger partial charge is 0.425 e. The van der Waals surface area contributed by atoms with E-state index in [2.05, 4.69) is 6.92 Å². The number of hydrogen-bond donors (Lipinski definition) is 0. The summed E-state index contributed by atoms with van der Waals surface area (Å²) in [6, 6.07) is 2.72. The van der Waals surface area contributed by atoms with Gasteiger partial charge in [-0.05, 0) is 105 Å². The van der Waals surface area contributed by atoms with Crippen molar-refractivity contribution in [3.8, 4) is 5.75 Å². The van der Waals surface area contributed by atoms with Gasteiger partial charge in [0.25, 0.3) is 0 Å². The molecule has 0 amide bonds. The first-order valence-corrected chi connectivity index (χ1v) is 13.6. The number of alkyl halides is 3. The van der Waals surface area contributed by atoms with Gasteiger partial charge in [-0.3, -0.25) is 0 Å². The van der Waals surface area contributed by atoms with Crippen LogP contribution in [0.2, 0.25) is 0 Å². The molecule has 1 aliphatic heterocycles. The van der Waals surface area contributed by atoms with Crippen LogP contribution in [0.25, 0.3) is 5.57 Å². The summed E-state index contributed by atoms with van der Waals surface area (Å²) in [4.78, 5) is 0. The third-order valence-corrected chi connectivity index (χ3v) is 8.87. The zero-order chi connectivity index (χ0) is 25.2. The second-order valence-corrected chi connectivity index (χ2v) is 11.1. The van der Waals surface area contributed by atoms with Gasteiger partial charge in [0.2, 0.25) is 0 Å². The number of aryl methyl sites for hydroxylation is 1. The van der Waals surface area contributed by atoms with Crippen molar-refractivity contribution in [2.24, 2.45) is 23.7 Å². The van der Waals surface area contributed by atoms with Crippen LogP contribution in [0.15, 0.2) is 18.0 Å². The highest BCUT2D eigenvalue weighted by Crippen LogP contribution is 2.45. The Morgan fingerprint density at radius 2 is 1.57 bits per heavy atom. The van der Waals surface area contributed by atoms with E-state index in [0.29, 0.717) is 22.6 Å². The molecule has 1 atom stereocenters. The third-order valence-electron chi connectivity index (χ3n) is 8.87. The Morgan fingerprint density at radius 3 is 2.17 bits per heavy atom. The molecule has 0 spiro atoms. The highest BCUT2D eigenvalue weighted by Gasteiger charge is 2.44. The van der Waals surface area contributed by atoms with Crippen molar-refractivity contribution in [1.82, 2.24) is 0 Å². The number of ether oxygens (including phenoxy) is 1. The number of unbranched alkanes of at least 4 members (excludes halogenated alkanes) is 1. The van der Waals surface area contributed by atoms with Crippen LogP contribution in [0.4, 0.5) is 22.0 Å². The van der Waals surface area contributed by atoms with Gasteiger partial charge in [0, 0.05) is 5.92 Å². The first kappa shape index (κ1) is 26.5. The largest absolute Gasteiger partial charge is 0.478 e. The maximum Gasteiger partial charge on any atom is 0.425 e. The summed E-state index contributed by atoms with van der Waals surface area (Å²) < 4.78 is 74.0. The Balaban J connectivity index is 1.36. The first-order chi connectivity index (χ1) is 16.7. The highest BCUT2D eigenvalue weighted by atomic mass is 19.4. The molecule has 1 unspecified atom stereocenters. The molecule has 0 N–H and O–H groups in total. The molecule has 0 aromatic heterocycles. The standard InChI is InChI=1S/C29H39F5O/c1-3-4-5-19-6-8-20(9-7-19)21-10-12-22(13-11-21)27(31)18(2)24-16-23-14-15-26(29(32,33)34)35-28(23)25(30)17-24/h16-17,19-22,26H,3-15H2,1-2H3. The number of allylic oxidation sites excluding steroid dienone is 2. The number of halogens is 5. The number of fused-ring (bicyclic) bond motifs is 1. The molecular formula is C29H39F5O. The highest BCUT2D eigenvalue weighted by molar-refractivity contribution is 5.68. The molecule has 1 aromatic carbocycles. The molecule has 6 heteroatoms. The fourth-order valence-corrected chi connectivity index (χ4v) is 6.63. The van der Waals surface area contributed by atoms with Gasteiger partial charge in [-0.1, -0.05) is 39.0 Å². The van der Waals surface area contributed by atoms with Gasteiger partial charge in [-0.2, -0.15) is 13.2 Å².